The normalized spacial score (nSPS) is 19.9. The van der Waals surface area contributed by atoms with Gasteiger partial charge in [-0.05, 0) is 44.8 Å². The van der Waals surface area contributed by atoms with E-state index < -0.39 is 0 Å². The van der Waals surface area contributed by atoms with Crippen LogP contribution in [-0.2, 0) is 4.79 Å². The van der Waals surface area contributed by atoms with E-state index in [1.54, 1.807) is 12.1 Å². The van der Waals surface area contributed by atoms with Gasteiger partial charge >= 0.3 is 0 Å². The molecule has 0 spiro atoms. The number of likely N-dealkylation sites (tertiary alicyclic amines) is 1. The zero-order chi connectivity index (χ0) is 15.4. The molecule has 0 N–H and O–H groups in total. The molecule has 1 aliphatic heterocycles. The number of rotatable bonds is 5. The molecule has 0 unspecified atom stereocenters. The van der Waals surface area contributed by atoms with E-state index in [9.17, 15) is 9.18 Å². The maximum Gasteiger partial charge on any atom is 0.240 e. The topological polar surface area (TPSA) is 32.8 Å². The minimum atomic E-state index is -0.276. The van der Waals surface area contributed by atoms with Gasteiger partial charge in [-0.1, -0.05) is 6.92 Å². The van der Waals surface area contributed by atoms with Crippen LogP contribution in [0, 0.1) is 5.82 Å². The molecule has 0 saturated carbocycles. The van der Waals surface area contributed by atoms with Crippen molar-refractivity contribution in [2.45, 2.75) is 31.9 Å². The summed E-state index contributed by atoms with van der Waals surface area (Å²) in [6.07, 6.45) is 1.60. The van der Waals surface area contributed by atoms with Gasteiger partial charge in [-0.3, -0.25) is 9.69 Å². The van der Waals surface area contributed by atoms with Crippen LogP contribution < -0.4 is 4.74 Å². The van der Waals surface area contributed by atoms with E-state index in [1.807, 2.05) is 30.8 Å². The first-order valence-electron chi connectivity index (χ1n) is 7.38. The van der Waals surface area contributed by atoms with Gasteiger partial charge in [0, 0.05) is 13.0 Å². The third-order valence-electron chi connectivity index (χ3n) is 3.87. The van der Waals surface area contributed by atoms with E-state index in [0.717, 1.165) is 19.4 Å². The molecule has 116 valence electrons. The maximum atomic E-state index is 12.9. The molecule has 2 atom stereocenters. The van der Waals surface area contributed by atoms with Crippen LogP contribution in [0.25, 0.3) is 0 Å². The Hall–Kier alpha value is -1.62. The standard InChI is InChI=1S/C16H23FN2O2/c1-4-15(18(2)3)16(20)19-10-9-14(11-19)21-13-7-5-12(17)6-8-13/h5-8,14-15H,4,9-11H2,1-3H3/t14-,15+/m1/s1. The number of nitrogens with zero attached hydrogens (tertiary/aromatic N) is 2. The van der Waals surface area contributed by atoms with Crippen LogP contribution in [0.5, 0.6) is 5.75 Å². The third-order valence-corrected chi connectivity index (χ3v) is 3.87. The van der Waals surface area contributed by atoms with Crippen molar-refractivity contribution >= 4 is 5.91 Å². The Balaban J connectivity index is 1.91. The molecule has 1 aromatic carbocycles. The fourth-order valence-electron chi connectivity index (χ4n) is 2.70. The Labute approximate surface area is 125 Å². The number of halogens is 1. The van der Waals surface area contributed by atoms with Gasteiger partial charge in [0.05, 0.1) is 12.6 Å². The number of hydrogen-bond acceptors (Lipinski definition) is 3. The van der Waals surface area contributed by atoms with Gasteiger partial charge < -0.3 is 9.64 Å². The highest BCUT2D eigenvalue weighted by Gasteiger charge is 2.31. The van der Waals surface area contributed by atoms with Crippen LogP contribution in [-0.4, -0.2) is 55.0 Å². The molecule has 1 heterocycles. The molecule has 0 bridgehead atoms. The lowest BCUT2D eigenvalue weighted by Crippen LogP contribution is -2.45. The summed E-state index contributed by atoms with van der Waals surface area (Å²) in [6.45, 7) is 3.33. The fraction of sp³-hybridized carbons (Fsp3) is 0.562. The first-order valence-corrected chi connectivity index (χ1v) is 7.38. The smallest absolute Gasteiger partial charge is 0.240 e. The van der Waals surface area contributed by atoms with Crippen LogP contribution >= 0.6 is 0 Å². The van der Waals surface area contributed by atoms with Crippen molar-refractivity contribution in [1.29, 1.82) is 0 Å². The number of carbonyl (C=O) groups is 1. The van der Waals surface area contributed by atoms with Crippen molar-refractivity contribution in [2.75, 3.05) is 27.2 Å². The van der Waals surface area contributed by atoms with Gasteiger partial charge in [0.15, 0.2) is 0 Å². The summed E-state index contributed by atoms with van der Waals surface area (Å²) in [5.41, 5.74) is 0. The second-order valence-corrected chi connectivity index (χ2v) is 5.65. The van der Waals surface area contributed by atoms with Crippen LogP contribution in [0.15, 0.2) is 24.3 Å². The highest BCUT2D eigenvalue weighted by molar-refractivity contribution is 5.82. The molecule has 1 saturated heterocycles. The second kappa shape index (κ2) is 6.89. The lowest BCUT2D eigenvalue weighted by molar-refractivity contribution is -0.135. The first-order chi connectivity index (χ1) is 10.0. The lowest BCUT2D eigenvalue weighted by Gasteiger charge is -2.27. The van der Waals surface area contributed by atoms with Crippen molar-refractivity contribution in [3.05, 3.63) is 30.1 Å². The predicted octanol–water partition coefficient (Wildman–Crippen LogP) is 2.15. The molecule has 0 radical (unpaired) electrons. The maximum absolute atomic E-state index is 12.9. The second-order valence-electron chi connectivity index (χ2n) is 5.65. The predicted molar refractivity (Wildman–Crippen MR) is 79.8 cm³/mol. The third kappa shape index (κ3) is 3.94. The Morgan fingerprint density at radius 2 is 2.10 bits per heavy atom. The molecule has 4 nitrogen and oxygen atoms in total. The summed E-state index contributed by atoms with van der Waals surface area (Å²) in [5, 5.41) is 0. The van der Waals surface area contributed by atoms with Crippen LogP contribution in [0.2, 0.25) is 0 Å². The van der Waals surface area contributed by atoms with E-state index >= 15 is 0 Å². The average molecular weight is 294 g/mol. The highest BCUT2D eigenvalue weighted by Crippen LogP contribution is 2.20. The van der Waals surface area contributed by atoms with Gasteiger partial charge in [-0.25, -0.2) is 4.39 Å². The molecule has 21 heavy (non-hydrogen) atoms. The molecule has 1 amide bonds. The SMILES string of the molecule is CC[C@@H](C(=O)N1CC[C@@H](Oc2ccc(F)cc2)C1)N(C)C. The van der Waals surface area contributed by atoms with Crippen LogP contribution in [0.1, 0.15) is 19.8 Å². The minimum Gasteiger partial charge on any atom is -0.489 e. The summed E-state index contributed by atoms with van der Waals surface area (Å²) < 4.78 is 18.7. The van der Waals surface area contributed by atoms with E-state index in [2.05, 4.69) is 0 Å². The van der Waals surface area contributed by atoms with Gasteiger partial charge in [0.2, 0.25) is 5.91 Å². The minimum absolute atomic E-state index is 0.0147. The van der Waals surface area contributed by atoms with Crippen molar-refractivity contribution in [3.63, 3.8) is 0 Å². The quantitative estimate of drug-likeness (QED) is 0.834. The number of benzene rings is 1. The Kier molecular flexibility index (Phi) is 5.17. The molecular formula is C16H23FN2O2. The van der Waals surface area contributed by atoms with Crippen molar-refractivity contribution in [2.24, 2.45) is 0 Å². The van der Waals surface area contributed by atoms with Gasteiger partial charge in [-0.2, -0.15) is 0 Å². The summed E-state index contributed by atoms with van der Waals surface area (Å²) in [4.78, 5) is 16.3. The molecule has 0 aliphatic carbocycles. The molecule has 2 rings (SSSR count). The molecule has 1 aliphatic rings. The first kappa shape index (κ1) is 15.8. The van der Waals surface area contributed by atoms with E-state index in [4.69, 9.17) is 4.74 Å². The molecule has 1 fully saturated rings. The molecule has 5 heteroatoms. The average Bonchev–Trinajstić information content (AvgIpc) is 2.90. The Bertz CT molecular complexity index is 476. The van der Waals surface area contributed by atoms with E-state index in [-0.39, 0.29) is 23.9 Å². The molecule has 0 aromatic heterocycles. The number of hydrogen-bond donors (Lipinski definition) is 0. The summed E-state index contributed by atoms with van der Waals surface area (Å²) >= 11 is 0. The van der Waals surface area contributed by atoms with E-state index in [1.165, 1.54) is 12.1 Å². The van der Waals surface area contributed by atoms with Crippen molar-refractivity contribution in [3.8, 4) is 5.75 Å². The Morgan fingerprint density at radius 3 is 2.67 bits per heavy atom. The van der Waals surface area contributed by atoms with E-state index in [0.29, 0.717) is 12.3 Å². The number of likely N-dealkylation sites (N-methyl/N-ethyl adjacent to an activating group) is 1. The molecule has 1 aromatic rings. The monoisotopic (exact) mass is 294 g/mol. The summed E-state index contributed by atoms with van der Waals surface area (Å²) in [5.74, 6) is 0.533. The number of carbonyl (C=O) groups excluding carboxylic acids is 1. The van der Waals surface area contributed by atoms with Crippen LogP contribution in [0.3, 0.4) is 0 Å². The zero-order valence-electron chi connectivity index (χ0n) is 12.9. The highest BCUT2D eigenvalue weighted by atomic mass is 19.1. The van der Waals surface area contributed by atoms with Crippen molar-refractivity contribution < 1.29 is 13.9 Å². The largest absolute Gasteiger partial charge is 0.489 e. The summed E-state index contributed by atoms with van der Waals surface area (Å²) in [7, 11) is 3.85. The van der Waals surface area contributed by atoms with Gasteiger partial charge in [0.25, 0.3) is 0 Å². The number of amides is 1. The van der Waals surface area contributed by atoms with Gasteiger partial charge in [-0.15, -0.1) is 0 Å². The van der Waals surface area contributed by atoms with Gasteiger partial charge in [0.1, 0.15) is 17.7 Å². The molecular weight excluding hydrogens is 271 g/mol. The zero-order valence-corrected chi connectivity index (χ0v) is 12.9. The fourth-order valence-corrected chi connectivity index (χ4v) is 2.70. The number of ether oxygens (including phenoxy) is 1. The van der Waals surface area contributed by atoms with Crippen molar-refractivity contribution in [1.82, 2.24) is 9.80 Å². The lowest BCUT2D eigenvalue weighted by atomic mass is 10.2. The van der Waals surface area contributed by atoms with Crippen LogP contribution in [0.4, 0.5) is 4.39 Å². The summed E-state index contributed by atoms with van der Waals surface area (Å²) in [6, 6.07) is 5.93. The Morgan fingerprint density at radius 1 is 1.43 bits per heavy atom.